The van der Waals surface area contributed by atoms with E-state index in [1.807, 2.05) is 39.0 Å². The van der Waals surface area contributed by atoms with Crippen LogP contribution in [0.25, 0.3) is 0 Å². The molecular weight excluding hydrogens is 352 g/mol. The molecule has 0 heterocycles. The van der Waals surface area contributed by atoms with E-state index in [0.717, 1.165) is 10.7 Å². The van der Waals surface area contributed by atoms with Crippen LogP contribution in [0.15, 0.2) is 18.2 Å². The van der Waals surface area contributed by atoms with Gasteiger partial charge >= 0.3 is 119 Å². The van der Waals surface area contributed by atoms with Gasteiger partial charge in [0.2, 0.25) is 0 Å². The standard InChI is InChI=1S/C11H13ClNO.3CH3.Sn/c1-11(2,3)10(14)13-9-6-4-8(12)5-7-9;;;;/h4-6H,1-3H3,(H,13,14);3*1H3;. The second kappa shape index (κ2) is 5.41. The summed E-state index contributed by atoms with van der Waals surface area (Å²) in [6, 6.07) is 5.76. The van der Waals surface area contributed by atoms with E-state index >= 15 is 0 Å². The van der Waals surface area contributed by atoms with E-state index in [9.17, 15) is 4.79 Å². The second-order valence-electron chi connectivity index (χ2n) is 6.64. The summed E-state index contributed by atoms with van der Waals surface area (Å²) in [5.74, 6) is 0.0432. The van der Waals surface area contributed by atoms with Crippen molar-refractivity contribution in [2.75, 3.05) is 5.32 Å². The number of halogens is 1. The Balaban J connectivity index is 3.14. The minimum absolute atomic E-state index is 0.0432. The first-order valence-corrected chi connectivity index (χ1v) is 16.5. The maximum absolute atomic E-state index is 12.1. The Bertz CT molecular complexity index is 458. The van der Waals surface area contributed by atoms with Gasteiger partial charge in [-0.3, -0.25) is 0 Å². The van der Waals surface area contributed by atoms with Crippen LogP contribution in [-0.4, -0.2) is 24.3 Å². The van der Waals surface area contributed by atoms with Crippen molar-refractivity contribution in [3.05, 3.63) is 23.2 Å². The van der Waals surface area contributed by atoms with Crippen LogP contribution in [-0.2, 0) is 4.79 Å². The minimum atomic E-state index is -2.29. The van der Waals surface area contributed by atoms with E-state index in [2.05, 4.69) is 20.1 Å². The topological polar surface area (TPSA) is 29.1 Å². The summed E-state index contributed by atoms with van der Waals surface area (Å²) in [5.41, 5.74) is 0.548. The average molecular weight is 375 g/mol. The molecule has 0 aliphatic heterocycles. The van der Waals surface area contributed by atoms with Crippen molar-refractivity contribution in [3.63, 3.8) is 0 Å². The van der Waals surface area contributed by atoms with E-state index in [0.29, 0.717) is 0 Å². The van der Waals surface area contributed by atoms with Crippen molar-refractivity contribution in [3.8, 4) is 0 Å². The van der Waals surface area contributed by atoms with Crippen LogP contribution in [0.4, 0.5) is 5.69 Å². The molecule has 4 heteroatoms. The predicted molar refractivity (Wildman–Crippen MR) is 82.5 cm³/mol. The molecule has 1 rings (SSSR count). The molecule has 100 valence electrons. The fourth-order valence-electron chi connectivity index (χ4n) is 1.56. The molecule has 2 nitrogen and oxygen atoms in total. The molecule has 0 spiro atoms. The summed E-state index contributed by atoms with van der Waals surface area (Å²) >= 11 is 3.78. The molecule has 0 bridgehead atoms. The summed E-state index contributed by atoms with van der Waals surface area (Å²) in [6.07, 6.45) is 0. The van der Waals surface area contributed by atoms with Gasteiger partial charge in [-0.25, -0.2) is 0 Å². The summed E-state index contributed by atoms with van der Waals surface area (Å²) in [4.78, 5) is 19.0. The first-order chi connectivity index (χ1) is 8.01. The first kappa shape index (κ1) is 15.8. The average Bonchev–Trinajstić information content (AvgIpc) is 2.17. The predicted octanol–water partition coefficient (Wildman–Crippen LogP) is 3.87. The summed E-state index contributed by atoms with van der Waals surface area (Å²) in [7, 11) is 0. The Kier molecular flexibility index (Phi) is 4.76. The second-order valence-corrected chi connectivity index (χ2v) is 21.5. The SMILES string of the molecule is CC(C)(C)C(=O)Nc1ccc(Cl)c[c]1[Sn]([CH3])([CH3])[CH3]. The first-order valence-electron chi connectivity index (χ1n) is 6.13. The molecule has 1 N–H and O–H groups in total. The maximum atomic E-state index is 12.1. The number of rotatable bonds is 2. The van der Waals surface area contributed by atoms with Gasteiger partial charge < -0.3 is 0 Å². The molecule has 0 saturated carbocycles. The Hall–Kier alpha value is -0.221. The summed E-state index contributed by atoms with van der Waals surface area (Å²) < 4.78 is 1.26. The third kappa shape index (κ3) is 4.16. The molecule has 0 unspecified atom stereocenters. The number of hydrogen-bond acceptors (Lipinski definition) is 1. The number of nitrogens with one attached hydrogen (secondary N) is 1. The Morgan fingerprint density at radius 2 is 1.78 bits per heavy atom. The van der Waals surface area contributed by atoms with Gasteiger partial charge in [0.25, 0.3) is 0 Å². The molecule has 0 atom stereocenters. The van der Waals surface area contributed by atoms with Crippen molar-refractivity contribution >= 4 is 45.2 Å². The van der Waals surface area contributed by atoms with Gasteiger partial charge in [-0.2, -0.15) is 0 Å². The molecule has 18 heavy (non-hydrogen) atoms. The molecular formula is C14H22ClNOSn. The van der Waals surface area contributed by atoms with Gasteiger partial charge in [0, 0.05) is 0 Å². The van der Waals surface area contributed by atoms with Crippen molar-refractivity contribution in [2.45, 2.75) is 35.6 Å². The summed E-state index contributed by atoms with van der Waals surface area (Å²) in [6.45, 7) is 5.74. The van der Waals surface area contributed by atoms with Crippen molar-refractivity contribution in [1.82, 2.24) is 0 Å². The van der Waals surface area contributed by atoms with Crippen LogP contribution in [0.3, 0.4) is 0 Å². The van der Waals surface area contributed by atoms with Crippen LogP contribution >= 0.6 is 11.6 Å². The van der Waals surface area contributed by atoms with Gasteiger partial charge in [0.05, 0.1) is 0 Å². The van der Waals surface area contributed by atoms with Crippen molar-refractivity contribution in [2.24, 2.45) is 5.41 Å². The van der Waals surface area contributed by atoms with Gasteiger partial charge in [-0.15, -0.1) is 0 Å². The normalized spacial score (nSPS) is 12.4. The molecule has 0 fully saturated rings. The quantitative estimate of drug-likeness (QED) is 0.783. The monoisotopic (exact) mass is 375 g/mol. The fraction of sp³-hybridized carbons (Fsp3) is 0.500. The Labute approximate surface area is 119 Å². The number of carbonyl (C=O) groups excluding carboxylic acids is 1. The van der Waals surface area contributed by atoms with E-state index in [1.165, 1.54) is 3.58 Å². The Morgan fingerprint density at radius 3 is 2.22 bits per heavy atom. The molecule has 1 aromatic rings. The van der Waals surface area contributed by atoms with Crippen LogP contribution in [0.2, 0.25) is 19.8 Å². The molecule has 1 amide bonds. The number of anilines is 1. The van der Waals surface area contributed by atoms with Gasteiger partial charge in [-0.1, -0.05) is 0 Å². The molecule has 0 aliphatic rings. The van der Waals surface area contributed by atoms with Gasteiger partial charge in [0.1, 0.15) is 0 Å². The Morgan fingerprint density at radius 1 is 1.22 bits per heavy atom. The number of amides is 1. The van der Waals surface area contributed by atoms with Crippen LogP contribution in [0.5, 0.6) is 0 Å². The van der Waals surface area contributed by atoms with E-state index in [4.69, 9.17) is 11.6 Å². The van der Waals surface area contributed by atoms with E-state index < -0.39 is 18.4 Å². The molecule has 0 radical (unpaired) electrons. The fourth-order valence-corrected chi connectivity index (χ4v) is 6.39. The molecule has 1 aromatic carbocycles. The zero-order chi connectivity index (χ0) is 14.1. The molecule has 0 saturated heterocycles. The zero-order valence-corrected chi connectivity index (χ0v) is 15.6. The van der Waals surface area contributed by atoms with E-state index in [1.54, 1.807) is 0 Å². The van der Waals surface area contributed by atoms with Crippen molar-refractivity contribution < 1.29 is 4.79 Å². The zero-order valence-electron chi connectivity index (χ0n) is 12.0. The van der Waals surface area contributed by atoms with Gasteiger partial charge in [-0.05, 0) is 0 Å². The number of benzene rings is 1. The van der Waals surface area contributed by atoms with Crippen LogP contribution in [0, 0.1) is 5.41 Å². The molecule has 0 aromatic heterocycles. The number of hydrogen-bond donors (Lipinski definition) is 1. The van der Waals surface area contributed by atoms with Crippen molar-refractivity contribution in [1.29, 1.82) is 0 Å². The third-order valence-electron chi connectivity index (χ3n) is 2.72. The van der Waals surface area contributed by atoms with Crippen LogP contribution in [0.1, 0.15) is 20.8 Å². The van der Waals surface area contributed by atoms with Gasteiger partial charge in [0.15, 0.2) is 0 Å². The van der Waals surface area contributed by atoms with Crippen LogP contribution < -0.4 is 8.90 Å². The van der Waals surface area contributed by atoms with E-state index in [-0.39, 0.29) is 11.3 Å². The number of carbonyl (C=O) groups is 1. The summed E-state index contributed by atoms with van der Waals surface area (Å²) in [5, 5.41) is 3.78. The molecule has 0 aliphatic carbocycles. The third-order valence-corrected chi connectivity index (χ3v) is 8.75.